The number of carbonyl (C=O) groups is 2. The number of hydrogen-bond donors (Lipinski definition) is 1. The number of benzene rings is 2. The summed E-state index contributed by atoms with van der Waals surface area (Å²) in [7, 11) is 0. The van der Waals surface area contributed by atoms with Gasteiger partial charge in [0.2, 0.25) is 0 Å². The van der Waals surface area contributed by atoms with Crippen molar-refractivity contribution in [1.29, 1.82) is 0 Å². The lowest BCUT2D eigenvalue weighted by atomic mass is 10.1. The quantitative estimate of drug-likeness (QED) is 0.907. The highest BCUT2D eigenvalue weighted by Crippen LogP contribution is 2.33. The molecule has 1 N–H and O–H groups in total. The fraction of sp³-hybridized carbons (Fsp3) is 0.333. The van der Waals surface area contributed by atoms with Crippen molar-refractivity contribution in [2.45, 2.75) is 45.7 Å². The Balaban J connectivity index is 1.81. The minimum absolute atomic E-state index is 0.0276. The number of para-hydroxylation sites is 1. The maximum Gasteiger partial charge on any atom is 0.258 e. The average Bonchev–Trinajstić information content (AvgIpc) is 2.88. The molecule has 0 aromatic heterocycles. The van der Waals surface area contributed by atoms with E-state index in [9.17, 15) is 9.59 Å². The van der Waals surface area contributed by atoms with Gasteiger partial charge in [0.15, 0.2) is 0 Å². The van der Waals surface area contributed by atoms with Crippen molar-refractivity contribution >= 4 is 17.5 Å². The monoisotopic (exact) mass is 336 g/mol. The maximum absolute atomic E-state index is 13.0. The molecule has 0 radical (unpaired) electrons. The van der Waals surface area contributed by atoms with E-state index in [4.69, 9.17) is 0 Å². The number of rotatable bonds is 2. The van der Waals surface area contributed by atoms with Crippen LogP contribution in [0, 0.1) is 0 Å². The lowest BCUT2D eigenvalue weighted by molar-refractivity contribution is 0.0917. The molecule has 25 heavy (non-hydrogen) atoms. The minimum atomic E-state index is -0.291. The minimum Gasteiger partial charge on any atom is -0.347 e. The molecular formula is C21H24N2O2. The van der Waals surface area contributed by atoms with Gasteiger partial charge in [-0.15, -0.1) is 0 Å². The number of amides is 2. The predicted octanol–water partition coefficient (Wildman–Crippen LogP) is 3.81. The van der Waals surface area contributed by atoms with Crippen LogP contribution in [-0.2, 0) is 6.42 Å². The van der Waals surface area contributed by atoms with Gasteiger partial charge in [-0.25, -0.2) is 0 Å². The molecule has 4 heteroatoms. The van der Waals surface area contributed by atoms with Crippen molar-refractivity contribution in [3.05, 3.63) is 65.2 Å². The molecule has 1 aliphatic rings. The summed E-state index contributed by atoms with van der Waals surface area (Å²) in [6.07, 6.45) is 0.869. The van der Waals surface area contributed by atoms with Gasteiger partial charge >= 0.3 is 0 Å². The third-order valence-corrected chi connectivity index (χ3v) is 4.31. The van der Waals surface area contributed by atoms with E-state index < -0.39 is 0 Å². The Morgan fingerprint density at radius 1 is 1.00 bits per heavy atom. The van der Waals surface area contributed by atoms with Crippen LogP contribution in [0.25, 0.3) is 0 Å². The van der Waals surface area contributed by atoms with Crippen molar-refractivity contribution < 1.29 is 9.59 Å². The number of nitrogens with zero attached hydrogens (tertiary/aromatic N) is 1. The van der Waals surface area contributed by atoms with Gasteiger partial charge in [-0.1, -0.05) is 18.2 Å². The number of anilines is 1. The highest BCUT2D eigenvalue weighted by atomic mass is 16.2. The molecule has 1 atom stereocenters. The zero-order valence-corrected chi connectivity index (χ0v) is 15.2. The van der Waals surface area contributed by atoms with Crippen molar-refractivity contribution in [3.63, 3.8) is 0 Å². The summed E-state index contributed by atoms with van der Waals surface area (Å²) in [6, 6.07) is 15.0. The molecule has 0 spiro atoms. The second-order valence-corrected chi connectivity index (χ2v) is 7.64. The SMILES string of the molecule is CC1Cc2ccccc2N1C(=O)c1ccc(C(=O)NC(C)(C)C)cc1. The Bertz CT molecular complexity index is 803. The molecule has 3 rings (SSSR count). The second kappa shape index (κ2) is 6.36. The third-order valence-electron chi connectivity index (χ3n) is 4.31. The number of nitrogens with one attached hydrogen (secondary N) is 1. The Hall–Kier alpha value is -2.62. The van der Waals surface area contributed by atoms with Crippen molar-refractivity contribution in [2.24, 2.45) is 0 Å². The van der Waals surface area contributed by atoms with Gasteiger partial charge in [0.25, 0.3) is 11.8 Å². The normalized spacial score (nSPS) is 16.5. The first-order valence-electron chi connectivity index (χ1n) is 8.60. The Morgan fingerprint density at radius 3 is 2.24 bits per heavy atom. The highest BCUT2D eigenvalue weighted by molar-refractivity contribution is 6.08. The Labute approximate surface area is 148 Å². The van der Waals surface area contributed by atoms with Gasteiger partial charge in [0, 0.05) is 28.4 Å². The van der Waals surface area contributed by atoms with E-state index in [2.05, 4.69) is 18.3 Å². The van der Waals surface area contributed by atoms with E-state index in [0.717, 1.165) is 12.1 Å². The molecule has 0 aliphatic carbocycles. The van der Waals surface area contributed by atoms with Crippen molar-refractivity contribution in [3.8, 4) is 0 Å². The van der Waals surface area contributed by atoms with Crippen LogP contribution in [0.2, 0.25) is 0 Å². The molecule has 4 nitrogen and oxygen atoms in total. The molecule has 1 heterocycles. The molecule has 0 saturated carbocycles. The van der Waals surface area contributed by atoms with Gasteiger partial charge in [-0.2, -0.15) is 0 Å². The lowest BCUT2D eigenvalue weighted by Crippen LogP contribution is -2.40. The molecule has 0 fully saturated rings. The Kier molecular flexibility index (Phi) is 4.38. The molecule has 130 valence electrons. The van der Waals surface area contributed by atoms with Gasteiger partial charge in [-0.3, -0.25) is 9.59 Å². The predicted molar refractivity (Wildman–Crippen MR) is 100 cm³/mol. The van der Waals surface area contributed by atoms with Gasteiger partial charge in [0.1, 0.15) is 0 Å². The summed E-state index contributed by atoms with van der Waals surface area (Å²) in [5.74, 6) is -0.161. The number of hydrogen-bond acceptors (Lipinski definition) is 2. The van der Waals surface area contributed by atoms with Crippen LogP contribution in [0.5, 0.6) is 0 Å². The first kappa shape index (κ1) is 17.2. The summed E-state index contributed by atoms with van der Waals surface area (Å²) in [5, 5.41) is 2.93. The maximum atomic E-state index is 13.0. The second-order valence-electron chi connectivity index (χ2n) is 7.64. The molecule has 2 aromatic carbocycles. The standard InChI is InChI=1S/C21H24N2O2/c1-14-13-17-7-5-6-8-18(17)23(14)20(25)16-11-9-15(10-12-16)19(24)22-21(2,3)4/h5-12,14H,13H2,1-4H3,(H,22,24). The molecule has 0 saturated heterocycles. The summed E-state index contributed by atoms with van der Waals surface area (Å²) >= 11 is 0. The molecule has 1 unspecified atom stereocenters. The summed E-state index contributed by atoms with van der Waals surface area (Å²) < 4.78 is 0. The van der Waals surface area contributed by atoms with E-state index in [-0.39, 0.29) is 23.4 Å². The molecule has 1 aliphatic heterocycles. The van der Waals surface area contributed by atoms with Crippen LogP contribution >= 0.6 is 0 Å². The van der Waals surface area contributed by atoms with E-state index in [1.807, 2.05) is 43.9 Å². The van der Waals surface area contributed by atoms with E-state index in [1.54, 1.807) is 24.3 Å². The summed E-state index contributed by atoms with van der Waals surface area (Å²) in [6.45, 7) is 7.88. The fourth-order valence-corrected chi connectivity index (χ4v) is 3.19. The van der Waals surface area contributed by atoms with Gasteiger partial charge < -0.3 is 10.2 Å². The first-order chi connectivity index (χ1) is 11.8. The van der Waals surface area contributed by atoms with Crippen LogP contribution in [0.15, 0.2) is 48.5 Å². The Morgan fingerprint density at radius 2 is 1.60 bits per heavy atom. The van der Waals surface area contributed by atoms with E-state index in [0.29, 0.717) is 11.1 Å². The van der Waals surface area contributed by atoms with Crippen LogP contribution < -0.4 is 10.2 Å². The molecular weight excluding hydrogens is 312 g/mol. The van der Waals surface area contributed by atoms with Crippen LogP contribution in [0.3, 0.4) is 0 Å². The number of fused-ring (bicyclic) bond motifs is 1. The molecule has 2 amide bonds. The summed E-state index contributed by atoms with van der Waals surface area (Å²) in [4.78, 5) is 27.0. The number of carbonyl (C=O) groups excluding carboxylic acids is 2. The van der Waals surface area contributed by atoms with Crippen molar-refractivity contribution in [2.75, 3.05) is 4.90 Å². The molecule has 2 aromatic rings. The average molecular weight is 336 g/mol. The zero-order valence-electron chi connectivity index (χ0n) is 15.2. The van der Waals surface area contributed by atoms with E-state index in [1.165, 1.54) is 5.56 Å². The third kappa shape index (κ3) is 3.58. The largest absolute Gasteiger partial charge is 0.347 e. The van der Waals surface area contributed by atoms with E-state index >= 15 is 0 Å². The van der Waals surface area contributed by atoms with Gasteiger partial charge in [-0.05, 0) is 70.0 Å². The highest BCUT2D eigenvalue weighted by Gasteiger charge is 2.31. The summed E-state index contributed by atoms with van der Waals surface area (Å²) in [5.41, 5.74) is 3.04. The smallest absolute Gasteiger partial charge is 0.258 e. The van der Waals surface area contributed by atoms with Crippen LogP contribution in [-0.4, -0.2) is 23.4 Å². The zero-order chi connectivity index (χ0) is 18.2. The van der Waals surface area contributed by atoms with Crippen LogP contribution in [0.1, 0.15) is 54.0 Å². The van der Waals surface area contributed by atoms with Gasteiger partial charge in [0.05, 0.1) is 0 Å². The topological polar surface area (TPSA) is 49.4 Å². The molecule has 0 bridgehead atoms. The van der Waals surface area contributed by atoms with Crippen molar-refractivity contribution in [1.82, 2.24) is 5.32 Å². The fourth-order valence-electron chi connectivity index (χ4n) is 3.19. The first-order valence-corrected chi connectivity index (χ1v) is 8.60. The lowest BCUT2D eigenvalue weighted by Gasteiger charge is -2.23. The van der Waals surface area contributed by atoms with Crippen LogP contribution in [0.4, 0.5) is 5.69 Å².